The van der Waals surface area contributed by atoms with Crippen molar-refractivity contribution < 1.29 is 4.74 Å². The van der Waals surface area contributed by atoms with Crippen molar-refractivity contribution in [1.82, 2.24) is 24.6 Å². The molecule has 2 aromatic heterocycles. The van der Waals surface area contributed by atoms with Crippen LogP contribution in [0.4, 0.5) is 5.82 Å². The van der Waals surface area contributed by atoms with Gasteiger partial charge in [-0.1, -0.05) is 30.3 Å². The lowest BCUT2D eigenvalue weighted by Crippen LogP contribution is -2.46. The zero-order chi connectivity index (χ0) is 20.3. The number of aromatic nitrogens is 4. The fraction of sp³-hybridized carbons (Fsp3) is 0.261. The van der Waals surface area contributed by atoms with Gasteiger partial charge in [0.15, 0.2) is 5.65 Å². The van der Waals surface area contributed by atoms with Gasteiger partial charge in [0.05, 0.1) is 24.4 Å². The van der Waals surface area contributed by atoms with Gasteiger partial charge in [-0.15, -0.1) is 0 Å². The second-order valence-corrected chi connectivity index (χ2v) is 7.44. The Balaban J connectivity index is 1.31. The average molecular weight is 400 g/mol. The van der Waals surface area contributed by atoms with Crippen LogP contribution in [0, 0.1) is 0 Å². The van der Waals surface area contributed by atoms with E-state index in [9.17, 15) is 0 Å². The van der Waals surface area contributed by atoms with Crippen molar-refractivity contribution in [3.05, 3.63) is 72.7 Å². The summed E-state index contributed by atoms with van der Waals surface area (Å²) >= 11 is 0. The fourth-order valence-electron chi connectivity index (χ4n) is 3.95. The summed E-state index contributed by atoms with van der Waals surface area (Å²) in [7, 11) is 1.70. The van der Waals surface area contributed by atoms with E-state index in [0.29, 0.717) is 0 Å². The van der Waals surface area contributed by atoms with E-state index < -0.39 is 0 Å². The Morgan fingerprint density at radius 1 is 0.900 bits per heavy atom. The highest BCUT2D eigenvalue weighted by atomic mass is 16.5. The molecule has 0 saturated carbocycles. The maximum atomic E-state index is 5.25. The van der Waals surface area contributed by atoms with Crippen molar-refractivity contribution >= 4 is 16.9 Å². The van der Waals surface area contributed by atoms with Gasteiger partial charge in [0.25, 0.3) is 0 Å². The number of ether oxygens (including phenoxy) is 1. The number of hydrogen-bond donors (Lipinski definition) is 0. The summed E-state index contributed by atoms with van der Waals surface area (Å²) in [5, 5.41) is 5.56. The van der Waals surface area contributed by atoms with E-state index in [1.807, 2.05) is 53.3 Å². The van der Waals surface area contributed by atoms with Gasteiger partial charge >= 0.3 is 0 Å². The number of benzene rings is 2. The summed E-state index contributed by atoms with van der Waals surface area (Å²) in [6, 6.07) is 18.4. The van der Waals surface area contributed by atoms with Crippen LogP contribution >= 0.6 is 0 Å². The first-order valence-corrected chi connectivity index (χ1v) is 10.2. The van der Waals surface area contributed by atoms with Gasteiger partial charge in [-0.25, -0.2) is 14.6 Å². The normalized spacial score (nSPS) is 14.9. The van der Waals surface area contributed by atoms with Crippen LogP contribution in [0.1, 0.15) is 5.56 Å². The molecule has 7 heteroatoms. The molecule has 0 N–H and O–H groups in total. The number of fused-ring (bicyclic) bond motifs is 1. The Bertz CT molecular complexity index is 1120. The van der Waals surface area contributed by atoms with Crippen molar-refractivity contribution in [2.24, 2.45) is 0 Å². The van der Waals surface area contributed by atoms with Gasteiger partial charge in [0, 0.05) is 32.7 Å². The third-order valence-electron chi connectivity index (χ3n) is 5.58. The molecule has 7 nitrogen and oxygen atoms in total. The van der Waals surface area contributed by atoms with E-state index in [1.165, 1.54) is 5.56 Å². The van der Waals surface area contributed by atoms with Crippen LogP contribution < -0.4 is 9.64 Å². The lowest BCUT2D eigenvalue weighted by molar-refractivity contribution is 0.249. The smallest absolute Gasteiger partial charge is 0.168 e. The Morgan fingerprint density at radius 3 is 2.40 bits per heavy atom. The van der Waals surface area contributed by atoms with Crippen molar-refractivity contribution in [3.8, 4) is 11.4 Å². The third-order valence-corrected chi connectivity index (χ3v) is 5.58. The lowest BCUT2D eigenvalue weighted by Gasteiger charge is -2.35. The van der Waals surface area contributed by atoms with Gasteiger partial charge in [-0.2, -0.15) is 5.10 Å². The minimum Gasteiger partial charge on any atom is -0.497 e. The fourth-order valence-corrected chi connectivity index (χ4v) is 3.95. The number of rotatable bonds is 5. The number of piperazine rings is 1. The molecule has 0 bridgehead atoms. The summed E-state index contributed by atoms with van der Waals surface area (Å²) in [4.78, 5) is 13.9. The zero-order valence-corrected chi connectivity index (χ0v) is 17.0. The largest absolute Gasteiger partial charge is 0.497 e. The molecule has 1 saturated heterocycles. The summed E-state index contributed by atoms with van der Waals surface area (Å²) in [5.74, 6) is 1.86. The first-order valence-electron chi connectivity index (χ1n) is 10.2. The van der Waals surface area contributed by atoms with Gasteiger partial charge in [0.2, 0.25) is 0 Å². The minimum atomic E-state index is 0.840. The van der Waals surface area contributed by atoms with Crippen molar-refractivity contribution in [3.63, 3.8) is 0 Å². The molecule has 2 aromatic carbocycles. The summed E-state index contributed by atoms with van der Waals surface area (Å²) < 4.78 is 7.12. The van der Waals surface area contributed by atoms with Gasteiger partial charge in [-0.3, -0.25) is 4.90 Å². The Morgan fingerprint density at radius 2 is 1.67 bits per heavy atom. The molecular formula is C23H24N6O. The quantitative estimate of drug-likeness (QED) is 0.513. The topological polar surface area (TPSA) is 59.3 Å². The summed E-state index contributed by atoms with van der Waals surface area (Å²) in [6.45, 7) is 4.79. The van der Waals surface area contributed by atoms with Crippen LogP contribution in [0.25, 0.3) is 16.7 Å². The van der Waals surface area contributed by atoms with Crippen LogP contribution in [-0.4, -0.2) is 57.9 Å². The molecule has 3 heterocycles. The van der Waals surface area contributed by atoms with Crippen LogP contribution in [0.2, 0.25) is 0 Å². The van der Waals surface area contributed by atoms with E-state index in [4.69, 9.17) is 4.74 Å². The molecule has 4 aromatic rings. The van der Waals surface area contributed by atoms with E-state index >= 15 is 0 Å². The van der Waals surface area contributed by atoms with Crippen LogP contribution in [0.15, 0.2) is 67.1 Å². The predicted octanol–water partition coefficient (Wildman–Crippen LogP) is 3.15. The number of hydrogen-bond acceptors (Lipinski definition) is 6. The van der Waals surface area contributed by atoms with Crippen LogP contribution in [0.3, 0.4) is 0 Å². The molecule has 0 unspecified atom stereocenters. The average Bonchev–Trinajstić information content (AvgIpc) is 3.25. The highest BCUT2D eigenvalue weighted by Crippen LogP contribution is 2.25. The van der Waals surface area contributed by atoms with Crippen molar-refractivity contribution in [2.45, 2.75) is 6.54 Å². The van der Waals surface area contributed by atoms with Crippen molar-refractivity contribution in [2.75, 3.05) is 38.2 Å². The molecule has 0 radical (unpaired) electrons. The molecule has 5 rings (SSSR count). The molecule has 1 fully saturated rings. The Hall–Kier alpha value is -3.45. The van der Waals surface area contributed by atoms with E-state index in [2.05, 4.69) is 37.0 Å². The highest BCUT2D eigenvalue weighted by Gasteiger charge is 2.21. The minimum absolute atomic E-state index is 0.840. The number of nitrogens with zero attached hydrogens (tertiary/aromatic N) is 6. The number of methoxy groups -OCH3 is 1. The van der Waals surface area contributed by atoms with Gasteiger partial charge in [-0.05, 0) is 29.8 Å². The molecule has 1 aliphatic rings. The second kappa shape index (κ2) is 8.12. The SMILES string of the molecule is COc1ccc(CN2CCN(c3ncnc4c3cnn4-c3ccccc3)CC2)cc1. The van der Waals surface area contributed by atoms with Gasteiger partial charge < -0.3 is 9.64 Å². The van der Waals surface area contributed by atoms with Crippen LogP contribution in [0.5, 0.6) is 5.75 Å². The molecular weight excluding hydrogens is 376 g/mol. The molecule has 0 amide bonds. The molecule has 0 aliphatic carbocycles. The van der Waals surface area contributed by atoms with E-state index in [1.54, 1.807) is 13.4 Å². The Kier molecular flexibility index (Phi) is 5.03. The van der Waals surface area contributed by atoms with E-state index in [-0.39, 0.29) is 0 Å². The first-order chi connectivity index (χ1) is 14.8. The zero-order valence-electron chi connectivity index (χ0n) is 17.0. The molecule has 0 atom stereocenters. The summed E-state index contributed by atoms with van der Waals surface area (Å²) in [5.41, 5.74) is 3.14. The lowest BCUT2D eigenvalue weighted by atomic mass is 10.2. The number of anilines is 1. The molecule has 1 aliphatic heterocycles. The molecule has 152 valence electrons. The maximum absolute atomic E-state index is 5.25. The molecule has 30 heavy (non-hydrogen) atoms. The predicted molar refractivity (Wildman–Crippen MR) is 117 cm³/mol. The molecule has 0 spiro atoms. The summed E-state index contributed by atoms with van der Waals surface area (Å²) in [6.07, 6.45) is 3.52. The Labute approximate surface area is 175 Å². The van der Waals surface area contributed by atoms with E-state index in [0.717, 1.165) is 61.0 Å². The monoisotopic (exact) mass is 400 g/mol. The highest BCUT2D eigenvalue weighted by molar-refractivity contribution is 5.87. The maximum Gasteiger partial charge on any atom is 0.168 e. The first kappa shape index (κ1) is 18.6. The van der Waals surface area contributed by atoms with Gasteiger partial charge in [0.1, 0.15) is 17.9 Å². The van der Waals surface area contributed by atoms with Crippen LogP contribution in [-0.2, 0) is 6.54 Å². The standard InChI is InChI=1S/C23H24N6O/c1-30-20-9-7-18(8-10-20)16-27-11-13-28(14-12-27)22-21-15-26-29(23(21)25-17-24-22)19-5-3-2-4-6-19/h2-10,15,17H,11-14,16H2,1H3. The second-order valence-electron chi connectivity index (χ2n) is 7.44. The third kappa shape index (κ3) is 3.59. The van der Waals surface area contributed by atoms with Crippen molar-refractivity contribution in [1.29, 1.82) is 0 Å². The number of para-hydroxylation sites is 1.